The molecule has 1 saturated heterocycles. The Labute approximate surface area is 175 Å². The number of H-pyrrole nitrogens is 1. The summed E-state index contributed by atoms with van der Waals surface area (Å²) in [6.45, 7) is 1.31. The van der Waals surface area contributed by atoms with E-state index in [1.165, 1.54) is 4.90 Å². The van der Waals surface area contributed by atoms with Gasteiger partial charge in [0.25, 0.3) is 0 Å². The number of nitrogens with one attached hydrogen (secondary N) is 1. The second-order valence-electron chi connectivity index (χ2n) is 9.12. The van der Waals surface area contributed by atoms with Gasteiger partial charge < -0.3 is 14.6 Å². The van der Waals surface area contributed by atoms with Crippen molar-refractivity contribution < 1.29 is 19.1 Å². The number of carbonyl (C=O) groups excluding carboxylic acids is 3. The minimum absolute atomic E-state index is 0.0161. The molecule has 30 heavy (non-hydrogen) atoms. The number of likely N-dealkylation sites (tertiary alicyclic amines) is 1. The molecule has 5 atom stereocenters. The molecule has 2 aliphatic carbocycles. The van der Waals surface area contributed by atoms with Crippen LogP contribution in [0.15, 0.2) is 30.5 Å². The lowest BCUT2D eigenvalue weighted by atomic mass is 9.79. The summed E-state index contributed by atoms with van der Waals surface area (Å²) >= 11 is 0. The number of esters is 1. The molecule has 2 saturated carbocycles. The first-order valence-electron chi connectivity index (χ1n) is 10.7. The van der Waals surface area contributed by atoms with E-state index >= 15 is 0 Å². The maximum Gasteiger partial charge on any atom is 0.340 e. The molecular weight excluding hydrogens is 382 g/mol. The van der Waals surface area contributed by atoms with Crippen molar-refractivity contribution in [1.82, 2.24) is 14.8 Å². The highest BCUT2D eigenvalue weighted by molar-refractivity contribution is 6.06. The average Bonchev–Trinajstić information content (AvgIpc) is 3.45. The van der Waals surface area contributed by atoms with Gasteiger partial charge in [-0.1, -0.05) is 18.2 Å². The number of imide groups is 1. The number of aromatic nitrogens is 1. The first kappa shape index (κ1) is 19.3. The Morgan fingerprint density at radius 2 is 1.93 bits per heavy atom. The first-order valence-corrected chi connectivity index (χ1v) is 10.7. The highest BCUT2D eigenvalue weighted by Crippen LogP contribution is 2.57. The number of aromatic amines is 1. The standard InChI is InChI=1S/C23H27N3O4/c1-25(2)8-5-9-26-21(27)19-13-10-15(20(19)22(26)28)18(11-13)30-23(29)16-12-24-17-7-4-3-6-14(16)17/h3-4,6-7,12-13,15,18-20,24H,5,8-11H2,1-2H3. The van der Waals surface area contributed by atoms with Crippen LogP contribution in [0.4, 0.5) is 0 Å². The quantitative estimate of drug-likeness (QED) is 0.585. The number of carbonyl (C=O) groups is 3. The molecule has 0 radical (unpaired) electrons. The summed E-state index contributed by atoms with van der Waals surface area (Å²) in [5, 5.41) is 0.836. The van der Waals surface area contributed by atoms with Crippen molar-refractivity contribution in [3.05, 3.63) is 36.0 Å². The lowest BCUT2D eigenvalue weighted by molar-refractivity contribution is -0.141. The Morgan fingerprint density at radius 3 is 2.73 bits per heavy atom. The number of rotatable bonds is 6. The monoisotopic (exact) mass is 409 g/mol. The molecule has 5 unspecified atom stereocenters. The zero-order chi connectivity index (χ0) is 21.0. The van der Waals surface area contributed by atoms with E-state index in [9.17, 15) is 14.4 Å². The molecule has 2 amide bonds. The van der Waals surface area contributed by atoms with Gasteiger partial charge in [-0.2, -0.15) is 0 Å². The van der Waals surface area contributed by atoms with Gasteiger partial charge in [0.1, 0.15) is 6.10 Å². The van der Waals surface area contributed by atoms with Crippen molar-refractivity contribution in [2.45, 2.75) is 25.4 Å². The van der Waals surface area contributed by atoms with Crippen LogP contribution in [0.2, 0.25) is 0 Å². The van der Waals surface area contributed by atoms with E-state index in [1.54, 1.807) is 6.20 Å². The molecule has 2 bridgehead atoms. The van der Waals surface area contributed by atoms with Crippen LogP contribution < -0.4 is 0 Å². The molecule has 1 aromatic carbocycles. The molecule has 1 N–H and O–H groups in total. The Bertz CT molecular complexity index is 1010. The number of fused-ring (bicyclic) bond motifs is 6. The largest absolute Gasteiger partial charge is 0.458 e. The van der Waals surface area contributed by atoms with Crippen LogP contribution in [-0.2, 0) is 14.3 Å². The summed E-state index contributed by atoms with van der Waals surface area (Å²) in [7, 11) is 3.96. The van der Waals surface area contributed by atoms with Crippen LogP contribution in [0.25, 0.3) is 10.9 Å². The number of hydrogen-bond acceptors (Lipinski definition) is 5. The van der Waals surface area contributed by atoms with Crippen molar-refractivity contribution in [3.8, 4) is 0 Å². The minimum Gasteiger partial charge on any atom is -0.458 e. The predicted molar refractivity (Wildman–Crippen MR) is 111 cm³/mol. The van der Waals surface area contributed by atoms with E-state index in [0.717, 1.165) is 30.3 Å². The number of amides is 2. The molecule has 158 valence electrons. The molecule has 2 heterocycles. The second kappa shape index (κ2) is 7.23. The molecule has 3 aliphatic rings. The van der Waals surface area contributed by atoms with Gasteiger partial charge >= 0.3 is 5.97 Å². The third-order valence-electron chi connectivity index (χ3n) is 7.10. The Hall–Kier alpha value is -2.67. The van der Waals surface area contributed by atoms with Gasteiger partial charge in [0, 0.05) is 29.6 Å². The molecule has 0 spiro atoms. The zero-order valence-electron chi connectivity index (χ0n) is 17.3. The van der Waals surface area contributed by atoms with Crippen molar-refractivity contribution >= 4 is 28.7 Å². The van der Waals surface area contributed by atoms with Crippen molar-refractivity contribution in [1.29, 1.82) is 0 Å². The van der Waals surface area contributed by atoms with Crippen LogP contribution in [-0.4, -0.2) is 65.9 Å². The summed E-state index contributed by atoms with van der Waals surface area (Å²) < 4.78 is 5.89. The van der Waals surface area contributed by atoms with E-state index in [1.807, 2.05) is 38.4 Å². The normalized spacial score (nSPS) is 30.0. The predicted octanol–water partition coefficient (Wildman–Crippen LogP) is 2.29. The maximum absolute atomic E-state index is 13.0. The highest BCUT2D eigenvalue weighted by atomic mass is 16.5. The van der Waals surface area contributed by atoms with Crippen LogP contribution >= 0.6 is 0 Å². The van der Waals surface area contributed by atoms with Gasteiger partial charge in [0.15, 0.2) is 0 Å². The first-order chi connectivity index (χ1) is 14.5. The fraction of sp³-hybridized carbons (Fsp3) is 0.522. The van der Waals surface area contributed by atoms with Crippen molar-refractivity contribution in [2.75, 3.05) is 27.2 Å². The Kier molecular flexibility index (Phi) is 4.65. The summed E-state index contributed by atoms with van der Waals surface area (Å²) in [6, 6.07) is 7.62. The molecule has 2 aromatic rings. The molecule has 7 heteroatoms. The second-order valence-corrected chi connectivity index (χ2v) is 9.12. The summed E-state index contributed by atoms with van der Waals surface area (Å²) in [5.74, 6) is -0.898. The molecule has 3 fully saturated rings. The lowest BCUT2D eigenvalue weighted by Crippen LogP contribution is -2.37. The van der Waals surface area contributed by atoms with Gasteiger partial charge in [-0.15, -0.1) is 0 Å². The van der Waals surface area contributed by atoms with Gasteiger partial charge in [-0.05, 0) is 51.9 Å². The molecular formula is C23H27N3O4. The Morgan fingerprint density at radius 1 is 1.17 bits per heavy atom. The van der Waals surface area contributed by atoms with E-state index in [0.29, 0.717) is 18.5 Å². The summed E-state index contributed by atoms with van der Waals surface area (Å²) in [6.07, 6.45) is 3.63. The molecule has 1 aromatic heterocycles. The fourth-order valence-electron chi connectivity index (χ4n) is 5.80. The topological polar surface area (TPSA) is 82.7 Å². The zero-order valence-corrected chi connectivity index (χ0v) is 17.3. The number of nitrogens with zero attached hydrogens (tertiary/aromatic N) is 2. The number of benzene rings is 1. The number of hydrogen-bond donors (Lipinski definition) is 1. The van der Waals surface area contributed by atoms with Crippen LogP contribution in [0.3, 0.4) is 0 Å². The molecule has 1 aliphatic heterocycles. The van der Waals surface area contributed by atoms with E-state index in [-0.39, 0.29) is 47.6 Å². The van der Waals surface area contributed by atoms with Gasteiger partial charge in [0.2, 0.25) is 11.8 Å². The van der Waals surface area contributed by atoms with E-state index in [2.05, 4.69) is 9.88 Å². The third kappa shape index (κ3) is 2.95. The average molecular weight is 409 g/mol. The Balaban J connectivity index is 1.29. The third-order valence-corrected chi connectivity index (χ3v) is 7.10. The van der Waals surface area contributed by atoms with E-state index in [4.69, 9.17) is 4.74 Å². The van der Waals surface area contributed by atoms with Gasteiger partial charge in [0.05, 0.1) is 17.4 Å². The smallest absolute Gasteiger partial charge is 0.340 e. The fourth-order valence-corrected chi connectivity index (χ4v) is 5.80. The number of ether oxygens (including phenoxy) is 1. The van der Waals surface area contributed by atoms with Crippen LogP contribution in [0, 0.1) is 23.7 Å². The SMILES string of the molecule is CN(C)CCCN1C(=O)C2C3CC(OC(=O)c4c[nH]c5ccccc45)C(C3)C2C1=O. The van der Waals surface area contributed by atoms with Gasteiger partial charge in [-0.3, -0.25) is 14.5 Å². The lowest BCUT2D eigenvalue weighted by Gasteiger charge is -2.28. The maximum atomic E-state index is 13.0. The van der Waals surface area contributed by atoms with Crippen molar-refractivity contribution in [2.24, 2.45) is 23.7 Å². The summed E-state index contributed by atoms with van der Waals surface area (Å²) in [4.78, 5) is 45.4. The summed E-state index contributed by atoms with van der Waals surface area (Å²) in [5.41, 5.74) is 1.41. The van der Waals surface area contributed by atoms with Crippen molar-refractivity contribution in [3.63, 3.8) is 0 Å². The number of para-hydroxylation sites is 1. The minimum atomic E-state index is -0.360. The molecule has 7 nitrogen and oxygen atoms in total. The van der Waals surface area contributed by atoms with E-state index < -0.39 is 0 Å². The molecule has 5 rings (SSSR count). The van der Waals surface area contributed by atoms with Gasteiger partial charge in [-0.25, -0.2) is 4.79 Å². The van der Waals surface area contributed by atoms with Crippen LogP contribution in [0.5, 0.6) is 0 Å². The van der Waals surface area contributed by atoms with Crippen LogP contribution in [0.1, 0.15) is 29.6 Å². The highest BCUT2D eigenvalue weighted by Gasteiger charge is 2.64.